The highest BCUT2D eigenvalue weighted by molar-refractivity contribution is 5.94. The Bertz CT molecular complexity index is 796. The molecule has 0 radical (unpaired) electrons. The number of anilines is 1. The number of nitrogens with zero attached hydrogens (tertiary/aromatic N) is 2. The van der Waals surface area contributed by atoms with Gasteiger partial charge in [-0.05, 0) is 74.0 Å². The van der Waals surface area contributed by atoms with Gasteiger partial charge in [0.15, 0.2) is 0 Å². The van der Waals surface area contributed by atoms with Gasteiger partial charge in [0.2, 0.25) is 0 Å². The van der Waals surface area contributed by atoms with Crippen molar-refractivity contribution in [1.82, 2.24) is 10.2 Å². The van der Waals surface area contributed by atoms with Gasteiger partial charge in [0.25, 0.3) is 5.91 Å². The van der Waals surface area contributed by atoms with Gasteiger partial charge in [0.05, 0.1) is 0 Å². The van der Waals surface area contributed by atoms with E-state index in [1.54, 1.807) is 0 Å². The van der Waals surface area contributed by atoms with Crippen LogP contribution in [0.1, 0.15) is 46.7 Å². The van der Waals surface area contributed by atoms with E-state index >= 15 is 0 Å². The molecule has 2 saturated heterocycles. The molecule has 2 fully saturated rings. The van der Waals surface area contributed by atoms with Crippen LogP contribution in [0.15, 0.2) is 48.5 Å². The molecular weight excluding hydrogens is 346 g/mol. The SMILES string of the molecule is Cc1ccccc1C1CCN(CCNC(=O)c2ccc(N3CCCC3)cc2)C1. The fourth-order valence-corrected chi connectivity index (χ4v) is 4.56. The first-order valence-electron chi connectivity index (χ1n) is 10.6. The van der Waals surface area contributed by atoms with Gasteiger partial charge >= 0.3 is 0 Å². The Labute approximate surface area is 168 Å². The van der Waals surface area contributed by atoms with Crippen molar-refractivity contribution >= 4 is 11.6 Å². The molecule has 2 aromatic carbocycles. The average Bonchev–Trinajstić information content (AvgIpc) is 3.41. The second-order valence-electron chi connectivity index (χ2n) is 8.14. The number of likely N-dealkylation sites (tertiary alicyclic amines) is 1. The van der Waals surface area contributed by atoms with Crippen molar-refractivity contribution in [2.24, 2.45) is 0 Å². The van der Waals surface area contributed by atoms with Crippen LogP contribution in [0.25, 0.3) is 0 Å². The molecule has 2 heterocycles. The van der Waals surface area contributed by atoms with Crippen molar-refractivity contribution in [1.29, 1.82) is 0 Å². The summed E-state index contributed by atoms with van der Waals surface area (Å²) in [7, 11) is 0. The molecule has 2 aliphatic heterocycles. The molecule has 1 atom stereocenters. The summed E-state index contributed by atoms with van der Waals surface area (Å²) in [5.74, 6) is 0.651. The molecule has 0 aliphatic carbocycles. The van der Waals surface area contributed by atoms with Crippen LogP contribution in [0.5, 0.6) is 0 Å². The van der Waals surface area contributed by atoms with E-state index in [0.717, 1.165) is 38.3 Å². The first-order valence-corrected chi connectivity index (χ1v) is 10.6. The van der Waals surface area contributed by atoms with Gasteiger partial charge in [0.1, 0.15) is 0 Å². The minimum absolute atomic E-state index is 0.0302. The lowest BCUT2D eigenvalue weighted by molar-refractivity contribution is 0.0949. The van der Waals surface area contributed by atoms with Crippen molar-refractivity contribution in [2.75, 3.05) is 44.2 Å². The maximum Gasteiger partial charge on any atom is 0.251 e. The van der Waals surface area contributed by atoms with Gasteiger partial charge in [-0.25, -0.2) is 0 Å². The molecule has 1 amide bonds. The fraction of sp³-hybridized carbons (Fsp3) is 0.458. The lowest BCUT2D eigenvalue weighted by Gasteiger charge is -2.18. The monoisotopic (exact) mass is 377 g/mol. The van der Waals surface area contributed by atoms with E-state index in [1.165, 1.54) is 36.1 Å². The minimum Gasteiger partial charge on any atom is -0.372 e. The third-order valence-electron chi connectivity index (χ3n) is 6.21. The van der Waals surface area contributed by atoms with E-state index in [9.17, 15) is 4.79 Å². The van der Waals surface area contributed by atoms with E-state index in [0.29, 0.717) is 12.5 Å². The Kier molecular flexibility index (Phi) is 5.96. The van der Waals surface area contributed by atoms with Crippen LogP contribution < -0.4 is 10.2 Å². The molecule has 4 heteroatoms. The summed E-state index contributed by atoms with van der Waals surface area (Å²) in [6.07, 6.45) is 3.74. The fourth-order valence-electron chi connectivity index (χ4n) is 4.56. The van der Waals surface area contributed by atoms with E-state index < -0.39 is 0 Å². The zero-order chi connectivity index (χ0) is 19.3. The minimum atomic E-state index is 0.0302. The molecule has 0 saturated carbocycles. The second kappa shape index (κ2) is 8.78. The predicted octanol–water partition coefficient (Wildman–Crippen LogP) is 3.81. The van der Waals surface area contributed by atoms with Gasteiger partial charge in [-0.1, -0.05) is 24.3 Å². The average molecular weight is 378 g/mol. The number of carbonyl (C=O) groups excluding carboxylic acids is 1. The van der Waals surface area contributed by atoms with Crippen LogP contribution in [0.2, 0.25) is 0 Å². The Morgan fingerprint density at radius 2 is 1.79 bits per heavy atom. The maximum absolute atomic E-state index is 12.4. The Hall–Kier alpha value is -2.33. The van der Waals surface area contributed by atoms with Crippen molar-refractivity contribution < 1.29 is 4.79 Å². The van der Waals surface area contributed by atoms with Crippen molar-refractivity contribution in [3.63, 3.8) is 0 Å². The molecule has 0 bridgehead atoms. The second-order valence-corrected chi connectivity index (χ2v) is 8.14. The van der Waals surface area contributed by atoms with Crippen molar-refractivity contribution in [3.05, 3.63) is 65.2 Å². The van der Waals surface area contributed by atoms with Crippen LogP contribution >= 0.6 is 0 Å². The van der Waals surface area contributed by atoms with Gasteiger partial charge < -0.3 is 15.1 Å². The first kappa shape index (κ1) is 19.0. The summed E-state index contributed by atoms with van der Waals surface area (Å²) in [6, 6.07) is 16.8. The van der Waals surface area contributed by atoms with Gasteiger partial charge in [-0.2, -0.15) is 0 Å². The predicted molar refractivity (Wildman–Crippen MR) is 115 cm³/mol. The third kappa shape index (κ3) is 4.39. The number of hydrogen-bond acceptors (Lipinski definition) is 3. The van der Waals surface area contributed by atoms with Crippen LogP contribution in [-0.2, 0) is 0 Å². The highest BCUT2D eigenvalue weighted by Gasteiger charge is 2.24. The maximum atomic E-state index is 12.4. The van der Waals surface area contributed by atoms with Crippen LogP contribution in [-0.4, -0.2) is 50.1 Å². The largest absolute Gasteiger partial charge is 0.372 e. The van der Waals surface area contributed by atoms with Gasteiger partial charge in [-0.3, -0.25) is 4.79 Å². The molecule has 28 heavy (non-hydrogen) atoms. The quantitative estimate of drug-likeness (QED) is 0.831. The standard InChI is InChI=1S/C24H31N3O/c1-19-6-2-3-7-23(19)21-12-16-26(18-21)17-13-25-24(28)20-8-10-22(11-9-20)27-14-4-5-15-27/h2-3,6-11,21H,4-5,12-18H2,1H3,(H,25,28). The summed E-state index contributed by atoms with van der Waals surface area (Å²) in [6.45, 7) is 8.28. The highest BCUT2D eigenvalue weighted by atomic mass is 16.1. The molecule has 2 aliphatic rings. The Morgan fingerprint density at radius 1 is 1.04 bits per heavy atom. The number of carbonyl (C=O) groups is 1. The molecule has 2 aromatic rings. The molecule has 1 unspecified atom stereocenters. The summed E-state index contributed by atoms with van der Waals surface area (Å²) in [4.78, 5) is 17.3. The summed E-state index contributed by atoms with van der Waals surface area (Å²) < 4.78 is 0. The number of aryl methyl sites for hydroxylation is 1. The molecule has 4 nitrogen and oxygen atoms in total. The summed E-state index contributed by atoms with van der Waals surface area (Å²) in [5, 5.41) is 3.09. The number of nitrogens with one attached hydrogen (secondary N) is 1. The smallest absolute Gasteiger partial charge is 0.251 e. The van der Waals surface area contributed by atoms with Crippen LogP contribution in [0.4, 0.5) is 5.69 Å². The van der Waals surface area contributed by atoms with E-state index in [-0.39, 0.29) is 5.91 Å². The first-order chi connectivity index (χ1) is 13.7. The van der Waals surface area contributed by atoms with E-state index in [1.807, 2.05) is 12.1 Å². The Morgan fingerprint density at radius 3 is 2.54 bits per heavy atom. The topological polar surface area (TPSA) is 35.6 Å². The highest BCUT2D eigenvalue weighted by Crippen LogP contribution is 2.29. The molecule has 1 N–H and O–H groups in total. The van der Waals surface area contributed by atoms with Crippen LogP contribution in [0, 0.1) is 6.92 Å². The van der Waals surface area contributed by atoms with E-state index in [4.69, 9.17) is 0 Å². The molecule has 0 spiro atoms. The number of hydrogen-bond donors (Lipinski definition) is 1. The zero-order valence-corrected chi connectivity index (χ0v) is 16.9. The van der Waals surface area contributed by atoms with Crippen molar-refractivity contribution in [3.8, 4) is 0 Å². The third-order valence-corrected chi connectivity index (χ3v) is 6.21. The van der Waals surface area contributed by atoms with Crippen molar-refractivity contribution in [2.45, 2.75) is 32.1 Å². The lowest BCUT2D eigenvalue weighted by Crippen LogP contribution is -2.33. The Balaban J connectivity index is 1.23. The zero-order valence-electron chi connectivity index (χ0n) is 16.9. The molecule has 0 aromatic heterocycles. The lowest BCUT2D eigenvalue weighted by atomic mass is 9.94. The van der Waals surface area contributed by atoms with Crippen LogP contribution in [0.3, 0.4) is 0 Å². The number of amides is 1. The van der Waals surface area contributed by atoms with Gasteiger partial charge in [0, 0.05) is 44.0 Å². The number of benzene rings is 2. The number of rotatable bonds is 6. The summed E-state index contributed by atoms with van der Waals surface area (Å²) >= 11 is 0. The molecule has 4 rings (SSSR count). The molecular formula is C24H31N3O. The van der Waals surface area contributed by atoms with E-state index in [2.05, 4.69) is 58.4 Å². The van der Waals surface area contributed by atoms with Gasteiger partial charge in [-0.15, -0.1) is 0 Å². The normalized spacial score (nSPS) is 19.9. The molecule has 148 valence electrons. The summed E-state index contributed by atoms with van der Waals surface area (Å²) in [5.41, 5.74) is 4.85.